The molecule has 1 aliphatic carbocycles. The van der Waals surface area contributed by atoms with Crippen LogP contribution in [-0.4, -0.2) is 31.2 Å². The Labute approximate surface area is 189 Å². The molecule has 1 N–H and O–H groups in total. The molecule has 2 aromatic rings. The monoisotopic (exact) mass is 460 g/mol. The number of sulfonamides is 1. The number of carbonyl (C=O) groups is 1. The third-order valence-corrected chi connectivity index (χ3v) is 8.56. The summed E-state index contributed by atoms with van der Waals surface area (Å²) in [7, 11) is -3.76. The molecule has 1 fully saturated rings. The molecule has 166 valence electrons. The zero-order chi connectivity index (χ0) is 21.8. The van der Waals surface area contributed by atoms with E-state index in [1.807, 2.05) is 24.3 Å². The Morgan fingerprint density at radius 3 is 2.39 bits per heavy atom. The number of nitrogens with one attached hydrogen (secondary N) is 1. The number of hydrogen-bond acceptors (Lipinski definition) is 3. The molecule has 1 amide bonds. The van der Waals surface area contributed by atoms with Gasteiger partial charge in [0.1, 0.15) is 0 Å². The van der Waals surface area contributed by atoms with Gasteiger partial charge < -0.3 is 5.32 Å². The van der Waals surface area contributed by atoms with E-state index >= 15 is 0 Å². The Balaban J connectivity index is 1.60. The normalized spacial score (nSPS) is 20.6. The molecule has 0 saturated heterocycles. The van der Waals surface area contributed by atoms with Gasteiger partial charge in [0.2, 0.25) is 15.9 Å². The van der Waals surface area contributed by atoms with Crippen molar-refractivity contribution >= 4 is 27.5 Å². The fourth-order valence-electron chi connectivity index (χ4n) is 4.76. The highest BCUT2D eigenvalue weighted by Crippen LogP contribution is 2.36. The van der Waals surface area contributed by atoms with E-state index in [1.54, 1.807) is 12.1 Å². The molecule has 0 radical (unpaired) electrons. The maximum absolute atomic E-state index is 13.5. The van der Waals surface area contributed by atoms with E-state index in [0.29, 0.717) is 18.0 Å². The van der Waals surface area contributed by atoms with Crippen molar-refractivity contribution in [1.82, 2.24) is 9.62 Å². The number of amides is 1. The summed E-state index contributed by atoms with van der Waals surface area (Å²) in [6.07, 6.45) is 7.46. The first-order chi connectivity index (χ1) is 14.9. The van der Waals surface area contributed by atoms with Gasteiger partial charge in [0.15, 0.2) is 0 Å². The van der Waals surface area contributed by atoms with Crippen LogP contribution in [0.5, 0.6) is 0 Å². The van der Waals surface area contributed by atoms with Gasteiger partial charge in [-0.05, 0) is 54.7 Å². The summed E-state index contributed by atoms with van der Waals surface area (Å²) in [5, 5.41) is 3.67. The molecule has 2 aliphatic rings. The molecule has 0 spiro atoms. The molecular formula is C24H29ClN2O3S. The number of hydrogen-bond donors (Lipinski definition) is 1. The molecule has 0 bridgehead atoms. The van der Waals surface area contributed by atoms with Crippen molar-refractivity contribution in [2.75, 3.05) is 6.54 Å². The maximum Gasteiger partial charge on any atom is 0.243 e. The Bertz CT molecular complexity index is 1020. The van der Waals surface area contributed by atoms with E-state index in [1.165, 1.54) is 29.3 Å². The smallest absolute Gasteiger partial charge is 0.243 e. The summed E-state index contributed by atoms with van der Waals surface area (Å²) in [5.41, 5.74) is 2.03. The largest absolute Gasteiger partial charge is 0.353 e. The predicted molar refractivity (Wildman–Crippen MR) is 122 cm³/mol. The van der Waals surface area contributed by atoms with Crippen molar-refractivity contribution in [1.29, 1.82) is 0 Å². The maximum atomic E-state index is 13.5. The van der Waals surface area contributed by atoms with Gasteiger partial charge in [0, 0.05) is 24.0 Å². The van der Waals surface area contributed by atoms with E-state index in [0.717, 1.165) is 36.8 Å². The van der Waals surface area contributed by atoms with E-state index in [4.69, 9.17) is 11.6 Å². The van der Waals surface area contributed by atoms with Crippen LogP contribution in [0, 0.1) is 0 Å². The average Bonchev–Trinajstić information content (AvgIpc) is 3.02. The molecule has 7 heteroatoms. The summed E-state index contributed by atoms with van der Waals surface area (Å²) >= 11 is 5.95. The second-order valence-electron chi connectivity index (χ2n) is 8.49. The molecule has 5 nitrogen and oxygen atoms in total. The lowest BCUT2D eigenvalue weighted by Gasteiger charge is -2.36. The number of carbonyl (C=O) groups excluding carboxylic acids is 1. The lowest BCUT2D eigenvalue weighted by molar-refractivity contribution is -0.122. The van der Waals surface area contributed by atoms with Crippen molar-refractivity contribution < 1.29 is 13.2 Å². The van der Waals surface area contributed by atoms with Crippen molar-refractivity contribution in [2.45, 2.75) is 68.3 Å². The van der Waals surface area contributed by atoms with Crippen LogP contribution in [0.15, 0.2) is 53.4 Å². The summed E-state index contributed by atoms with van der Waals surface area (Å²) in [6.45, 7) is 0.351. The van der Waals surface area contributed by atoms with Crippen LogP contribution in [-0.2, 0) is 21.2 Å². The minimum Gasteiger partial charge on any atom is -0.353 e. The fraction of sp³-hybridized carbons (Fsp3) is 0.458. The minimum atomic E-state index is -3.76. The Kier molecular flexibility index (Phi) is 6.99. The lowest BCUT2D eigenvalue weighted by atomic mass is 9.92. The topological polar surface area (TPSA) is 66.5 Å². The second kappa shape index (κ2) is 9.72. The molecule has 4 rings (SSSR count). The summed E-state index contributed by atoms with van der Waals surface area (Å²) in [5.74, 6) is -0.0788. The van der Waals surface area contributed by atoms with Gasteiger partial charge in [0.05, 0.1) is 10.9 Å². The minimum absolute atomic E-state index is 0.0788. The summed E-state index contributed by atoms with van der Waals surface area (Å²) in [6, 6.07) is 13.7. The zero-order valence-corrected chi connectivity index (χ0v) is 19.2. The molecule has 1 heterocycles. The number of nitrogens with zero attached hydrogens (tertiary/aromatic N) is 1. The van der Waals surface area contributed by atoms with Crippen LogP contribution in [0.1, 0.15) is 62.1 Å². The van der Waals surface area contributed by atoms with Gasteiger partial charge in [-0.15, -0.1) is 0 Å². The average molecular weight is 461 g/mol. The quantitative estimate of drug-likeness (QED) is 0.648. The highest BCUT2D eigenvalue weighted by atomic mass is 35.5. The first-order valence-electron chi connectivity index (χ1n) is 11.1. The highest BCUT2D eigenvalue weighted by Gasteiger charge is 2.37. The first kappa shape index (κ1) is 22.3. The fourth-order valence-corrected chi connectivity index (χ4v) is 6.49. The molecule has 1 unspecified atom stereocenters. The molecule has 0 aromatic heterocycles. The molecule has 1 aliphatic heterocycles. The molecule has 1 saturated carbocycles. The zero-order valence-electron chi connectivity index (χ0n) is 17.6. The van der Waals surface area contributed by atoms with Crippen LogP contribution < -0.4 is 5.32 Å². The third kappa shape index (κ3) is 5.13. The van der Waals surface area contributed by atoms with E-state index in [2.05, 4.69) is 5.32 Å². The van der Waals surface area contributed by atoms with Gasteiger partial charge in [-0.3, -0.25) is 4.79 Å². The van der Waals surface area contributed by atoms with Gasteiger partial charge >= 0.3 is 0 Å². The van der Waals surface area contributed by atoms with Crippen LogP contribution in [0.3, 0.4) is 0 Å². The standard InChI is InChI=1S/C24H29ClN2O3S/c25-19-11-13-21(14-12-19)31(29,30)27-16-15-18-7-5-6-10-22(18)23(27)17-24(28)26-20-8-3-1-2-4-9-20/h5-7,10-14,20,23H,1-4,8-9,15-17H2,(H,26,28). The van der Waals surface area contributed by atoms with Crippen LogP contribution in [0.25, 0.3) is 0 Å². The van der Waals surface area contributed by atoms with Crippen LogP contribution >= 0.6 is 11.6 Å². The molecular weight excluding hydrogens is 432 g/mol. The van der Waals surface area contributed by atoms with Gasteiger partial charge in [-0.25, -0.2) is 8.42 Å². The lowest BCUT2D eigenvalue weighted by Crippen LogP contribution is -2.43. The molecule has 1 atom stereocenters. The van der Waals surface area contributed by atoms with E-state index < -0.39 is 16.1 Å². The van der Waals surface area contributed by atoms with Crippen molar-refractivity contribution in [2.24, 2.45) is 0 Å². The van der Waals surface area contributed by atoms with E-state index in [-0.39, 0.29) is 23.3 Å². The number of halogens is 1. The Morgan fingerprint density at radius 1 is 1.00 bits per heavy atom. The number of benzene rings is 2. The van der Waals surface area contributed by atoms with Crippen molar-refractivity contribution in [3.05, 3.63) is 64.7 Å². The number of fused-ring (bicyclic) bond motifs is 1. The van der Waals surface area contributed by atoms with Crippen LogP contribution in [0.2, 0.25) is 5.02 Å². The van der Waals surface area contributed by atoms with Gasteiger partial charge in [-0.1, -0.05) is 61.5 Å². The predicted octanol–water partition coefficient (Wildman–Crippen LogP) is 4.86. The second-order valence-corrected chi connectivity index (χ2v) is 10.8. The Morgan fingerprint density at radius 2 is 1.68 bits per heavy atom. The van der Waals surface area contributed by atoms with E-state index in [9.17, 15) is 13.2 Å². The Hall–Kier alpha value is -1.89. The molecule has 2 aromatic carbocycles. The summed E-state index contributed by atoms with van der Waals surface area (Å²) < 4.78 is 28.5. The first-order valence-corrected chi connectivity index (χ1v) is 12.9. The van der Waals surface area contributed by atoms with Crippen LogP contribution in [0.4, 0.5) is 0 Å². The molecule has 31 heavy (non-hydrogen) atoms. The SMILES string of the molecule is O=C(CC1c2ccccc2CCN1S(=O)(=O)c1ccc(Cl)cc1)NC1CCCCCC1. The van der Waals surface area contributed by atoms with Crippen molar-refractivity contribution in [3.8, 4) is 0 Å². The van der Waals surface area contributed by atoms with Gasteiger partial charge in [-0.2, -0.15) is 4.31 Å². The highest BCUT2D eigenvalue weighted by molar-refractivity contribution is 7.89. The number of rotatable bonds is 5. The third-order valence-electron chi connectivity index (χ3n) is 6.38. The summed E-state index contributed by atoms with van der Waals surface area (Å²) in [4.78, 5) is 13.2. The van der Waals surface area contributed by atoms with Gasteiger partial charge in [0.25, 0.3) is 0 Å². The van der Waals surface area contributed by atoms with Crippen molar-refractivity contribution in [3.63, 3.8) is 0 Å².